The molecule has 1 saturated carbocycles. The molecule has 1 N–H and O–H groups in total. The molecule has 1 aliphatic heterocycles. The smallest absolute Gasteiger partial charge is 0.242 e. The fraction of sp³-hybridized carbons (Fsp3) is 0.417. The molecule has 2 aromatic carbocycles. The number of ketones is 1. The van der Waals surface area contributed by atoms with Crippen LogP contribution in [0.15, 0.2) is 53.4 Å². The fourth-order valence-electron chi connectivity index (χ4n) is 3.98. The summed E-state index contributed by atoms with van der Waals surface area (Å²) in [7, 11) is -3.73. The number of ether oxygens (including phenoxy) is 1. The fourth-order valence-corrected chi connectivity index (χ4v) is 5.40. The number of carbonyl (C=O) groups excluding carboxylic acids is 1. The van der Waals surface area contributed by atoms with E-state index in [2.05, 4.69) is 9.62 Å². The van der Waals surface area contributed by atoms with Crippen molar-refractivity contribution in [3.8, 4) is 11.8 Å². The van der Waals surface area contributed by atoms with Crippen LogP contribution in [0.2, 0.25) is 0 Å². The molecule has 1 aliphatic carbocycles. The number of rotatable bonds is 10. The third kappa shape index (κ3) is 5.54. The van der Waals surface area contributed by atoms with Crippen LogP contribution >= 0.6 is 0 Å². The molecule has 1 atom stereocenters. The molecule has 7 nitrogen and oxygen atoms in total. The number of hydrogen-bond acceptors (Lipinski definition) is 6. The molecule has 0 bridgehead atoms. The minimum Gasteiger partial charge on any atom is -0.494 e. The number of nitrogens with zero attached hydrogens (tertiary/aromatic N) is 2. The molecule has 32 heavy (non-hydrogen) atoms. The number of nitriles is 1. The summed E-state index contributed by atoms with van der Waals surface area (Å²) in [5.41, 5.74) is 0.903. The topological polar surface area (TPSA) is 99.5 Å². The Kier molecular flexibility index (Phi) is 6.89. The van der Waals surface area contributed by atoms with Gasteiger partial charge >= 0.3 is 0 Å². The van der Waals surface area contributed by atoms with E-state index < -0.39 is 10.0 Å². The number of Topliss-reactive ketones (excluding diaryl/α,β-unsaturated/α-hetero) is 1. The number of carbonyl (C=O) groups is 1. The summed E-state index contributed by atoms with van der Waals surface area (Å²) >= 11 is 0. The number of benzene rings is 2. The van der Waals surface area contributed by atoms with Crippen LogP contribution in [-0.4, -0.2) is 51.4 Å². The van der Waals surface area contributed by atoms with E-state index >= 15 is 0 Å². The molecular weight excluding hydrogens is 426 g/mol. The number of hydrogen-bond donors (Lipinski definition) is 1. The van der Waals surface area contributed by atoms with E-state index in [0.29, 0.717) is 13.2 Å². The first kappa shape index (κ1) is 22.5. The van der Waals surface area contributed by atoms with Gasteiger partial charge in [0.05, 0.1) is 17.1 Å². The second-order valence-corrected chi connectivity index (χ2v) is 10.1. The average Bonchev–Trinajstić information content (AvgIpc) is 3.57. The highest BCUT2D eigenvalue weighted by atomic mass is 32.2. The SMILES string of the molecule is N#Cc1ccccc1S(=O)(=O)N[C@@H]1CCN(CCCOc2ccc(C(=O)C3CC3)cc2)C1. The maximum absolute atomic E-state index is 12.7. The van der Waals surface area contributed by atoms with Crippen molar-refractivity contribution in [1.29, 1.82) is 5.26 Å². The Morgan fingerprint density at radius 3 is 2.59 bits per heavy atom. The minimum atomic E-state index is -3.73. The molecule has 2 aromatic rings. The predicted molar refractivity (Wildman–Crippen MR) is 120 cm³/mol. The molecule has 1 heterocycles. The van der Waals surface area contributed by atoms with Crippen molar-refractivity contribution in [3.63, 3.8) is 0 Å². The largest absolute Gasteiger partial charge is 0.494 e. The zero-order valence-electron chi connectivity index (χ0n) is 17.9. The van der Waals surface area contributed by atoms with Gasteiger partial charge in [0.15, 0.2) is 5.78 Å². The van der Waals surface area contributed by atoms with E-state index in [1.807, 2.05) is 30.3 Å². The van der Waals surface area contributed by atoms with E-state index in [9.17, 15) is 18.5 Å². The standard InChI is InChI=1S/C24H27N3O4S/c25-16-20-4-1-2-5-23(20)32(29,30)26-21-12-14-27(17-21)13-3-15-31-22-10-8-19(9-11-22)24(28)18-6-7-18/h1-2,4-5,8-11,18,21,26H,3,6-7,12-15,17H2/t21-/m1/s1. The molecular formula is C24H27N3O4S. The second-order valence-electron chi connectivity index (χ2n) is 8.38. The van der Waals surface area contributed by atoms with E-state index in [4.69, 9.17) is 4.74 Å². The van der Waals surface area contributed by atoms with Crippen molar-refractivity contribution in [2.75, 3.05) is 26.2 Å². The minimum absolute atomic E-state index is 0.0270. The van der Waals surface area contributed by atoms with Gasteiger partial charge in [-0.3, -0.25) is 4.79 Å². The van der Waals surface area contributed by atoms with Crippen LogP contribution in [0.3, 0.4) is 0 Å². The van der Waals surface area contributed by atoms with Gasteiger partial charge in [-0.15, -0.1) is 0 Å². The Hall–Kier alpha value is -2.73. The third-order valence-electron chi connectivity index (χ3n) is 5.87. The average molecular weight is 454 g/mol. The Labute approximate surface area is 189 Å². The molecule has 1 saturated heterocycles. The molecule has 2 fully saturated rings. The first-order chi connectivity index (χ1) is 15.5. The monoisotopic (exact) mass is 453 g/mol. The van der Waals surface area contributed by atoms with Gasteiger partial charge in [-0.2, -0.15) is 5.26 Å². The van der Waals surface area contributed by atoms with Gasteiger partial charge < -0.3 is 9.64 Å². The van der Waals surface area contributed by atoms with Gasteiger partial charge in [-0.25, -0.2) is 13.1 Å². The van der Waals surface area contributed by atoms with Crippen LogP contribution in [0.1, 0.15) is 41.6 Å². The summed E-state index contributed by atoms with van der Waals surface area (Å²) in [5.74, 6) is 1.20. The van der Waals surface area contributed by atoms with Crippen molar-refractivity contribution in [2.24, 2.45) is 5.92 Å². The van der Waals surface area contributed by atoms with Crippen LogP contribution in [-0.2, 0) is 10.0 Å². The van der Waals surface area contributed by atoms with Crippen molar-refractivity contribution in [2.45, 2.75) is 36.6 Å². The first-order valence-electron chi connectivity index (χ1n) is 11.0. The maximum atomic E-state index is 12.7. The number of sulfonamides is 1. The van der Waals surface area contributed by atoms with Gasteiger partial charge in [0.2, 0.25) is 10.0 Å². The van der Waals surface area contributed by atoms with Crippen LogP contribution in [0.5, 0.6) is 5.75 Å². The van der Waals surface area contributed by atoms with E-state index in [1.54, 1.807) is 12.1 Å². The van der Waals surface area contributed by atoms with Crippen molar-refractivity contribution in [1.82, 2.24) is 9.62 Å². The lowest BCUT2D eigenvalue weighted by atomic mass is 10.1. The first-order valence-corrected chi connectivity index (χ1v) is 12.5. The van der Waals surface area contributed by atoms with E-state index in [1.165, 1.54) is 12.1 Å². The lowest BCUT2D eigenvalue weighted by Gasteiger charge is -2.17. The summed E-state index contributed by atoms with van der Waals surface area (Å²) < 4.78 is 33.9. The molecule has 0 radical (unpaired) electrons. The summed E-state index contributed by atoms with van der Waals surface area (Å²) in [4.78, 5) is 14.3. The third-order valence-corrected chi connectivity index (χ3v) is 7.44. The second kappa shape index (κ2) is 9.82. The highest BCUT2D eigenvalue weighted by Gasteiger charge is 2.30. The van der Waals surface area contributed by atoms with Crippen LogP contribution in [0, 0.1) is 17.2 Å². The van der Waals surface area contributed by atoms with Crippen molar-refractivity contribution < 1.29 is 17.9 Å². The molecule has 0 spiro atoms. The molecule has 4 rings (SSSR count). The number of nitrogens with one attached hydrogen (secondary N) is 1. The summed E-state index contributed by atoms with van der Waals surface area (Å²) in [6.07, 6.45) is 3.55. The lowest BCUT2D eigenvalue weighted by molar-refractivity contribution is 0.0967. The predicted octanol–water partition coefficient (Wildman–Crippen LogP) is 2.97. The Bertz CT molecular complexity index is 1100. The summed E-state index contributed by atoms with van der Waals surface area (Å²) in [6, 6.07) is 15.3. The van der Waals surface area contributed by atoms with Gasteiger partial charge in [-0.1, -0.05) is 12.1 Å². The zero-order chi connectivity index (χ0) is 22.6. The zero-order valence-corrected chi connectivity index (χ0v) is 18.7. The van der Waals surface area contributed by atoms with Crippen LogP contribution in [0.4, 0.5) is 0 Å². The van der Waals surface area contributed by atoms with Crippen LogP contribution in [0.25, 0.3) is 0 Å². The Morgan fingerprint density at radius 2 is 1.88 bits per heavy atom. The summed E-state index contributed by atoms with van der Waals surface area (Å²) in [6.45, 7) is 2.81. The van der Waals surface area contributed by atoms with Crippen molar-refractivity contribution >= 4 is 15.8 Å². The molecule has 0 unspecified atom stereocenters. The van der Waals surface area contributed by atoms with Crippen molar-refractivity contribution in [3.05, 3.63) is 59.7 Å². The highest BCUT2D eigenvalue weighted by Crippen LogP contribution is 2.32. The maximum Gasteiger partial charge on any atom is 0.242 e. The Balaban J connectivity index is 1.19. The van der Waals surface area contributed by atoms with Gasteiger partial charge in [-0.05, 0) is 68.6 Å². The van der Waals surface area contributed by atoms with Gasteiger partial charge in [0, 0.05) is 30.6 Å². The van der Waals surface area contributed by atoms with Crippen LogP contribution < -0.4 is 9.46 Å². The van der Waals surface area contributed by atoms with Gasteiger partial charge in [0.25, 0.3) is 0 Å². The quantitative estimate of drug-likeness (QED) is 0.439. The molecule has 2 aliphatic rings. The molecule has 0 amide bonds. The molecule has 0 aromatic heterocycles. The van der Waals surface area contributed by atoms with E-state index in [-0.39, 0.29) is 28.2 Å². The Morgan fingerprint density at radius 1 is 1.12 bits per heavy atom. The normalized spacial score (nSPS) is 18.9. The summed E-state index contributed by atoms with van der Waals surface area (Å²) in [5, 5.41) is 9.17. The highest BCUT2D eigenvalue weighted by molar-refractivity contribution is 7.89. The lowest BCUT2D eigenvalue weighted by Crippen LogP contribution is -2.37. The molecule has 8 heteroatoms. The van der Waals surface area contributed by atoms with Gasteiger partial charge in [0.1, 0.15) is 11.8 Å². The number of likely N-dealkylation sites (tertiary alicyclic amines) is 1. The molecule has 168 valence electrons. The van der Waals surface area contributed by atoms with E-state index in [0.717, 1.165) is 50.1 Å².